The summed E-state index contributed by atoms with van der Waals surface area (Å²) in [6.07, 6.45) is -0.337. The van der Waals surface area contributed by atoms with E-state index < -0.39 is 6.10 Å². The van der Waals surface area contributed by atoms with E-state index in [0.717, 1.165) is 21.3 Å². The molecule has 0 aliphatic carbocycles. The van der Waals surface area contributed by atoms with Gasteiger partial charge in [-0.3, -0.25) is 9.59 Å². The average molecular weight is 416 g/mol. The highest BCUT2D eigenvalue weighted by atomic mass is 79.9. The number of hydrogen-bond donors (Lipinski definition) is 2. The highest BCUT2D eigenvalue weighted by molar-refractivity contribution is 9.10. The summed E-state index contributed by atoms with van der Waals surface area (Å²) < 4.78 is 0.939. The van der Waals surface area contributed by atoms with Gasteiger partial charge in [-0.1, -0.05) is 51.4 Å². The number of anilines is 1. The van der Waals surface area contributed by atoms with Crippen molar-refractivity contribution in [3.63, 3.8) is 0 Å². The number of carbonyl (C=O) groups excluding carboxylic acids is 2. The van der Waals surface area contributed by atoms with E-state index in [1.807, 2.05) is 49.4 Å². The maximum atomic E-state index is 12.2. The van der Waals surface area contributed by atoms with E-state index >= 15 is 0 Å². The van der Waals surface area contributed by atoms with E-state index in [1.54, 1.807) is 6.07 Å². The number of carbonyl (C=O) groups is 2. The van der Waals surface area contributed by atoms with E-state index in [2.05, 4.69) is 31.7 Å². The largest absolute Gasteiger partial charge is 0.382 e. The molecule has 0 fully saturated rings. The highest BCUT2D eigenvalue weighted by Crippen LogP contribution is 2.20. The molecule has 2 amide bonds. The standard InChI is InChI=1S/C19H18BrN3O3/c1-12-9-14(20)7-8-15(12)22-18(24)11-21-19(25)17-10-16(23-26-17)13-5-3-2-4-6-13/h2-9,17H,10-11H2,1H3,(H,21,25)(H,22,24)/t17-/m0/s1. The van der Waals surface area contributed by atoms with Gasteiger partial charge in [0, 0.05) is 16.6 Å². The Balaban J connectivity index is 1.48. The van der Waals surface area contributed by atoms with Crippen molar-refractivity contribution in [2.75, 3.05) is 11.9 Å². The first-order chi connectivity index (χ1) is 12.5. The maximum Gasteiger partial charge on any atom is 0.264 e. The van der Waals surface area contributed by atoms with Gasteiger partial charge in [-0.2, -0.15) is 0 Å². The van der Waals surface area contributed by atoms with Gasteiger partial charge in [-0.15, -0.1) is 0 Å². The number of halogens is 1. The molecule has 2 aromatic carbocycles. The summed E-state index contributed by atoms with van der Waals surface area (Å²) in [7, 11) is 0. The zero-order valence-corrected chi connectivity index (χ0v) is 15.7. The van der Waals surface area contributed by atoms with Crippen LogP contribution in [0.15, 0.2) is 58.2 Å². The smallest absolute Gasteiger partial charge is 0.264 e. The number of nitrogens with one attached hydrogen (secondary N) is 2. The van der Waals surface area contributed by atoms with Crippen molar-refractivity contribution in [3.8, 4) is 0 Å². The SMILES string of the molecule is Cc1cc(Br)ccc1NC(=O)CNC(=O)[C@@H]1CC(c2ccccc2)=NO1. The molecule has 0 bridgehead atoms. The third kappa shape index (κ3) is 4.49. The molecule has 0 saturated heterocycles. The van der Waals surface area contributed by atoms with Gasteiger partial charge in [0.25, 0.3) is 5.91 Å². The fourth-order valence-electron chi connectivity index (χ4n) is 2.56. The molecule has 26 heavy (non-hydrogen) atoms. The molecule has 1 atom stereocenters. The lowest BCUT2D eigenvalue weighted by Gasteiger charge is -2.11. The Labute approximate surface area is 159 Å². The van der Waals surface area contributed by atoms with E-state index in [-0.39, 0.29) is 18.4 Å². The summed E-state index contributed by atoms with van der Waals surface area (Å²) in [5.74, 6) is -0.659. The molecule has 1 heterocycles. The van der Waals surface area contributed by atoms with Crippen molar-refractivity contribution in [1.82, 2.24) is 5.32 Å². The Morgan fingerprint density at radius 3 is 2.73 bits per heavy atom. The van der Waals surface area contributed by atoms with Crippen LogP contribution in [0.25, 0.3) is 0 Å². The van der Waals surface area contributed by atoms with Crippen molar-refractivity contribution in [2.45, 2.75) is 19.4 Å². The summed E-state index contributed by atoms with van der Waals surface area (Å²) in [5.41, 5.74) is 3.28. The maximum absolute atomic E-state index is 12.2. The van der Waals surface area contributed by atoms with Crippen LogP contribution in [0.1, 0.15) is 17.5 Å². The fraction of sp³-hybridized carbons (Fsp3) is 0.211. The van der Waals surface area contributed by atoms with Gasteiger partial charge >= 0.3 is 0 Å². The Bertz CT molecular complexity index is 852. The minimum absolute atomic E-state index is 0.130. The van der Waals surface area contributed by atoms with Gasteiger partial charge < -0.3 is 15.5 Å². The first-order valence-electron chi connectivity index (χ1n) is 8.15. The lowest BCUT2D eigenvalue weighted by atomic mass is 10.0. The molecule has 3 rings (SSSR count). The van der Waals surface area contributed by atoms with E-state index in [1.165, 1.54) is 0 Å². The Morgan fingerprint density at radius 1 is 1.23 bits per heavy atom. The number of nitrogens with zero attached hydrogens (tertiary/aromatic N) is 1. The minimum atomic E-state index is -0.715. The summed E-state index contributed by atoms with van der Waals surface area (Å²) in [5, 5.41) is 9.34. The molecule has 134 valence electrons. The van der Waals surface area contributed by atoms with Crippen molar-refractivity contribution in [2.24, 2.45) is 5.16 Å². The Kier molecular flexibility index (Phi) is 5.68. The van der Waals surface area contributed by atoms with Crippen LogP contribution in [0.3, 0.4) is 0 Å². The van der Waals surface area contributed by atoms with E-state index in [4.69, 9.17) is 4.84 Å². The predicted octanol–water partition coefficient (Wildman–Crippen LogP) is 3.01. The van der Waals surface area contributed by atoms with Gasteiger partial charge in [0.2, 0.25) is 12.0 Å². The lowest BCUT2D eigenvalue weighted by Crippen LogP contribution is -2.39. The minimum Gasteiger partial charge on any atom is -0.382 e. The summed E-state index contributed by atoms with van der Waals surface area (Å²) in [6.45, 7) is 1.77. The molecule has 1 aliphatic heterocycles. The lowest BCUT2D eigenvalue weighted by molar-refractivity contribution is -0.132. The number of benzene rings is 2. The third-order valence-corrected chi connectivity index (χ3v) is 4.45. The number of oxime groups is 1. The average Bonchev–Trinajstić information content (AvgIpc) is 3.13. The number of rotatable bonds is 5. The van der Waals surface area contributed by atoms with Gasteiger partial charge in [-0.05, 0) is 36.2 Å². The third-order valence-electron chi connectivity index (χ3n) is 3.95. The zero-order chi connectivity index (χ0) is 18.5. The highest BCUT2D eigenvalue weighted by Gasteiger charge is 2.28. The van der Waals surface area contributed by atoms with Crippen molar-refractivity contribution in [3.05, 3.63) is 64.1 Å². The second-order valence-electron chi connectivity index (χ2n) is 5.93. The quantitative estimate of drug-likeness (QED) is 0.787. The predicted molar refractivity (Wildman–Crippen MR) is 103 cm³/mol. The molecular formula is C19H18BrN3O3. The Morgan fingerprint density at radius 2 is 2.00 bits per heavy atom. The molecule has 0 radical (unpaired) electrons. The number of hydrogen-bond acceptors (Lipinski definition) is 4. The zero-order valence-electron chi connectivity index (χ0n) is 14.2. The van der Waals surface area contributed by atoms with Crippen molar-refractivity contribution in [1.29, 1.82) is 0 Å². The van der Waals surface area contributed by atoms with Crippen LogP contribution in [-0.2, 0) is 14.4 Å². The van der Waals surface area contributed by atoms with Crippen LogP contribution < -0.4 is 10.6 Å². The molecule has 7 heteroatoms. The topological polar surface area (TPSA) is 79.8 Å². The van der Waals surface area contributed by atoms with Gasteiger partial charge in [-0.25, -0.2) is 0 Å². The van der Waals surface area contributed by atoms with Crippen LogP contribution >= 0.6 is 15.9 Å². The van der Waals surface area contributed by atoms with E-state index in [9.17, 15) is 9.59 Å². The number of aryl methyl sites for hydroxylation is 1. The normalized spacial score (nSPS) is 15.8. The second-order valence-corrected chi connectivity index (χ2v) is 6.84. The molecule has 0 aromatic heterocycles. The van der Waals surface area contributed by atoms with Crippen molar-refractivity contribution >= 4 is 39.1 Å². The van der Waals surface area contributed by atoms with Crippen LogP contribution in [0.2, 0.25) is 0 Å². The first-order valence-corrected chi connectivity index (χ1v) is 8.94. The summed E-state index contributed by atoms with van der Waals surface area (Å²) in [6, 6.07) is 15.1. The van der Waals surface area contributed by atoms with Crippen LogP contribution in [0, 0.1) is 6.92 Å². The molecule has 0 spiro atoms. The van der Waals surface area contributed by atoms with Crippen LogP contribution in [0.5, 0.6) is 0 Å². The second kappa shape index (κ2) is 8.14. The number of amides is 2. The summed E-state index contributed by atoms with van der Waals surface area (Å²) >= 11 is 3.38. The molecule has 2 N–H and O–H groups in total. The molecular weight excluding hydrogens is 398 g/mol. The molecule has 6 nitrogen and oxygen atoms in total. The van der Waals surface area contributed by atoms with Crippen LogP contribution in [-0.4, -0.2) is 30.2 Å². The summed E-state index contributed by atoms with van der Waals surface area (Å²) in [4.78, 5) is 29.4. The van der Waals surface area contributed by atoms with Gasteiger partial charge in [0.15, 0.2) is 0 Å². The molecule has 2 aromatic rings. The van der Waals surface area contributed by atoms with Crippen LogP contribution in [0.4, 0.5) is 5.69 Å². The fourth-order valence-corrected chi connectivity index (χ4v) is 3.04. The van der Waals surface area contributed by atoms with Gasteiger partial charge in [0.05, 0.1) is 12.3 Å². The van der Waals surface area contributed by atoms with Crippen molar-refractivity contribution < 1.29 is 14.4 Å². The Hall–Kier alpha value is -2.67. The first kappa shape index (κ1) is 18.1. The molecule has 0 unspecified atom stereocenters. The molecule has 0 saturated carbocycles. The molecule has 1 aliphatic rings. The monoisotopic (exact) mass is 415 g/mol. The van der Waals surface area contributed by atoms with E-state index in [0.29, 0.717) is 12.1 Å². The van der Waals surface area contributed by atoms with Gasteiger partial charge in [0.1, 0.15) is 0 Å².